The van der Waals surface area contributed by atoms with E-state index in [0.29, 0.717) is 5.56 Å². The Balaban J connectivity index is 2.15. The van der Waals surface area contributed by atoms with Crippen LogP contribution in [0.25, 0.3) is 0 Å². The summed E-state index contributed by atoms with van der Waals surface area (Å²) >= 11 is 7.23. The van der Waals surface area contributed by atoms with E-state index in [4.69, 9.17) is 11.6 Å². The van der Waals surface area contributed by atoms with Crippen LogP contribution in [-0.4, -0.2) is 24.0 Å². The lowest BCUT2D eigenvalue weighted by atomic mass is 10.1. The highest BCUT2D eigenvalue weighted by molar-refractivity contribution is 7.10. The molecule has 0 aliphatic rings. The van der Waals surface area contributed by atoms with E-state index in [9.17, 15) is 9.59 Å². The Bertz CT molecular complexity index is 631. The first kappa shape index (κ1) is 15.5. The maximum absolute atomic E-state index is 12.2. The number of rotatable bonds is 5. The molecule has 0 aliphatic carbocycles. The van der Waals surface area contributed by atoms with E-state index < -0.39 is 6.04 Å². The molecule has 0 saturated carbocycles. The average molecular weight is 325 g/mol. The molecule has 1 amide bonds. The topological polar surface area (TPSA) is 68.3 Å². The van der Waals surface area contributed by atoms with Gasteiger partial charge in [-0.15, -0.1) is 11.3 Å². The minimum atomic E-state index is -0.433. The van der Waals surface area contributed by atoms with Crippen LogP contribution in [0, 0.1) is 0 Å². The van der Waals surface area contributed by atoms with Crippen LogP contribution in [0.2, 0.25) is 5.15 Å². The number of carbonyl (C=O) groups is 2. The summed E-state index contributed by atoms with van der Waals surface area (Å²) in [5.74, 6) is -0.705. The highest BCUT2D eigenvalue weighted by Gasteiger charge is 2.20. The third-order valence-corrected chi connectivity index (χ3v) is 3.97. The lowest BCUT2D eigenvalue weighted by Crippen LogP contribution is -2.30. The van der Waals surface area contributed by atoms with Gasteiger partial charge in [-0.3, -0.25) is 9.59 Å². The molecule has 2 aromatic heterocycles. The van der Waals surface area contributed by atoms with Crippen molar-refractivity contribution in [1.29, 1.82) is 0 Å². The molecule has 1 atom stereocenters. The Morgan fingerprint density at radius 1 is 1.48 bits per heavy atom. The van der Waals surface area contributed by atoms with Crippen molar-refractivity contribution in [3.8, 4) is 0 Å². The van der Waals surface area contributed by atoms with Crippen LogP contribution in [0.1, 0.15) is 27.7 Å². The number of halogens is 1. The van der Waals surface area contributed by atoms with E-state index in [-0.39, 0.29) is 23.5 Å². The second-order valence-corrected chi connectivity index (χ2v) is 5.56. The maximum Gasteiger partial charge on any atom is 0.307 e. The SMILES string of the molecule is COC(=O)CC(NC(=O)c1ccnc(Cl)c1)c1cccs1. The molecule has 0 fully saturated rings. The zero-order valence-electron chi connectivity index (χ0n) is 11.2. The third-order valence-electron chi connectivity index (χ3n) is 2.78. The number of thiophene rings is 1. The summed E-state index contributed by atoms with van der Waals surface area (Å²) in [7, 11) is 1.32. The van der Waals surface area contributed by atoms with Gasteiger partial charge in [-0.1, -0.05) is 17.7 Å². The summed E-state index contributed by atoms with van der Waals surface area (Å²) in [5.41, 5.74) is 0.390. The fourth-order valence-corrected chi connectivity index (χ4v) is 2.70. The van der Waals surface area contributed by atoms with Gasteiger partial charge in [0.05, 0.1) is 19.6 Å². The lowest BCUT2D eigenvalue weighted by molar-refractivity contribution is -0.141. The predicted molar refractivity (Wildman–Crippen MR) is 80.4 cm³/mol. The number of ether oxygens (including phenoxy) is 1. The smallest absolute Gasteiger partial charge is 0.307 e. The monoisotopic (exact) mass is 324 g/mol. The first-order valence-corrected chi connectivity index (χ1v) is 7.38. The number of nitrogens with zero attached hydrogens (tertiary/aromatic N) is 1. The fraction of sp³-hybridized carbons (Fsp3) is 0.214. The van der Waals surface area contributed by atoms with Crippen LogP contribution in [0.4, 0.5) is 0 Å². The first-order valence-electron chi connectivity index (χ1n) is 6.13. The van der Waals surface area contributed by atoms with Crippen molar-refractivity contribution in [3.63, 3.8) is 0 Å². The standard InChI is InChI=1S/C14H13ClN2O3S/c1-20-13(18)8-10(11-3-2-6-21-11)17-14(19)9-4-5-16-12(15)7-9/h2-7,10H,8H2,1H3,(H,17,19). The molecule has 0 saturated heterocycles. The summed E-state index contributed by atoms with van der Waals surface area (Å²) in [5, 5.41) is 4.94. The van der Waals surface area contributed by atoms with Gasteiger partial charge in [0.25, 0.3) is 5.91 Å². The third kappa shape index (κ3) is 4.27. The quantitative estimate of drug-likeness (QED) is 0.678. The molecule has 0 aromatic carbocycles. The molecule has 1 N–H and O–H groups in total. The summed E-state index contributed by atoms with van der Waals surface area (Å²) < 4.78 is 4.67. The van der Waals surface area contributed by atoms with Gasteiger partial charge < -0.3 is 10.1 Å². The maximum atomic E-state index is 12.2. The highest BCUT2D eigenvalue weighted by Crippen LogP contribution is 2.23. The summed E-state index contributed by atoms with van der Waals surface area (Å²) in [6.07, 6.45) is 1.53. The number of hydrogen-bond donors (Lipinski definition) is 1. The minimum Gasteiger partial charge on any atom is -0.469 e. The van der Waals surface area contributed by atoms with E-state index in [1.807, 2.05) is 17.5 Å². The van der Waals surface area contributed by atoms with E-state index in [1.165, 1.54) is 30.7 Å². The molecule has 2 aromatic rings. The number of carbonyl (C=O) groups excluding carboxylic acids is 2. The molecule has 0 bridgehead atoms. The Kier molecular flexibility index (Phi) is 5.30. The van der Waals surface area contributed by atoms with Gasteiger partial charge in [0.1, 0.15) is 5.15 Å². The number of nitrogens with one attached hydrogen (secondary N) is 1. The van der Waals surface area contributed by atoms with Gasteiger partial charge in [-0.25, -0.2) is 4.98 Å². The lowest BCUT2D eigenvalue weighted by Gasteiger charge is -2.16. The van der Waals surface area contributed by atoms with Crippen LogP contribution < -0.4 is 5.32 Å². The van der Waals surface area contributed by atoms with Crippen molar-refractivity contribution in [1.82, 2.24) is 10.3 Å². The molecular weight excluding hydrogens is 312 g/mol. The molecule has 110 valence electrons. The number of pyridine rings is 1. The Morgan fingerprint density at radius 2 is 2.29 bits per heavy atom. The van der Waals surface area contributed by atoms with Crippen LogP contribution in [0.5, 0.6) is 0 Å². The molecule has 21 heavy (non-hydrogen) atoms. The summed E-state index contributed by atoms with van der Waals surface area (Å²) in [6.45, 7) is 0. The minimum absolute atomic E-state index is 0.0710. The number of aromatic nitrogens is 1. The van der Waals surface area contributed by atoms with Gasteiger partial charge in [0.2, 0.25) is 0 Å². The van der Waals surface area contributed by atoms with Crippen molar-refractivity contribution in [2.24, 2.45) is 0 Å². The zero-order chi connectivity index (χ0) is 15.2. The fourth-order valence-electron chi connectivity index (χ4n) is 1.75. The van der Waals surface area contributed by atoms with Crippen LogP contribution >= 0.6 is 22.9 Å². The van der Waals surface area contributed by atoms with Crippen molar-refractivity contribution < 1.29 is 14.3 Å². The Morgan fingerprint density at radius 3 is 2.90 bits per heavy atom. The molecule has 1 unspecified atom stereocenters. The zero-order valence-corrected chi connectivity index (χ0v) is 12.8. The first-order chi connectivity index (χ1) is 10.1. The van der Waals surface area contributed by atoms with Gasteiger partial charge in [-0.05, 0) is 23.6 Å². The molecule has 0 aliphatic heterocycles. The Hall–Kier alpha value is -1.92. The number of amides is 1. The van der Waals surface area contributed by atoms with Crippen LogP contribution in [-0.2, 0) is 9.53 Å². The second-order valence-electron chi connectivity index (χ2n) is 4.19. The highest BCUT2D eigenvalue weighted by atomic mass is 35.5. The van der Waals surface area contributed by atoms with Gasteiger partial charge in [-0.2, -0.15) is 0 Å². The summed E-state index contributed by atoms with van der Waals surface area (Å²) in [6, 6.07) is 6.32. The predicted octanol–water partition coefficient (Wildman–Crippen LogP) is 2.83. The van der Waals surface area contributed by atoms with Crippen molar-refractivity contribution in [3.05, 3.63) is 51.4 Å². The number of hydrogen-bond acceptors (Lipinski definition) is 5. The molecule has 7 heteroatoms. The van der Waals surface area contributed by atoms with E-state index >= 15 is 0 Å². The molecular formula is C14H13ClN2O3S. The van der Waals surface area contributed by atoms with Crippen molar-refractivity contribution in [2.45, 2.75) is 12.5 Å². The average Bonchev–Trinajstić information content (AvgIpc) is 3.00. The summed E-state index contributed by atoms with van der Waals surface area (Å²) in [4.78, 5) is 28.4. The van der Waals surface area contributed by atoms with E-state index in [2.05, 4.69) is 15.0 Å². The van der Waals surface area contributed by atoms with Gasteiger partial charge in [0, 0.05) is 16.6 Å². The van der Waals surface area contributed by atoms with Crippen molar-refractivity contribution >= 4 is 34.8 Å². The van der Waals surface area contributed by atoms with E-state index in [1.54, 1.807) is 6.07 Å². The second kappa shape index (κ2) is 7.19. The number of methoxy groups -OCH3 is 1. The molecule has 0 radical (unpaired) electrons. The Labute approximate surface area is 130 Å². The van der Waals surface area contributed by atoms with Gasteiger partial charge in [0.15, 0.2) is 0 Å². The van der Waals surface area contributed by atoms with Crippen molar-refractivity contribution in [2.75, 3.05) is 7.11 Å². The molecule has 2 heterocycles. The van der Waals surface area contributed by atoms with Crippen LogP contribution in [0.15, 0.2) is 35.8 Å². The van der Waals surface area contributed by atoms with E-state index in [0.717, 1.165) is 4.88 Å². The van der Waals surface area contributed by atoms with Gasteiger partial charge >= 0.3 is 5.97 Å². The largest absolute Gasteiger partial charge is 0.469 e. The molecule has 5 nitrogen and oxygen atoms in total. The number of esters is 1. The van der Waals surface area contributed by atoms with Crippen LogP contribution in [0.3, 0.4) is 0 Å². The normalized spacial score (nSPS) is 11.7. The molecule has 2 rings (SSSR count). The molecule has 0 spiro atoms.